The molecule has 0 spiro atoms. The molecule has 0 aromatic carbocycles. The molecule has 0 atom stereocenters. The lowest BCUT2D eigenvalue weighted by Crippen LogP contribution is -2.38. The van der Waals surface area contributed by atoms with Crippen LogP contribution in [0.3, 0.4) is 0 Å². The fourth-order valence-electron chi connectivity index (χ4n) is 3.54. The number of methoxy groups -OCH3 is 1. The summed E-state index contributed by atoms with van der Waals surface area (Å²) in [5.74, 6) is 2.13. The number of aryl methyl sites for hydroxylation is 2. The first-order chi connectivity index (χ1) is 13.5. The van der Waals surface area contributed by atoms with Gasteiger partial charge in [0.2, 0.25) is 0 Å². The van der Waals surface area contributed by atoms with E-state index in [2.05, 4.69) is 15.1 Å². The summed E-state index contributed by atoms with van der Waals surface area (Å²) in [5, 5.41) is 3.98. The summed E-state index contributed by atoms with van der Waals surface area (Å²) in [6.07, 6.45) is 3.41. The predicted molar refractivity (Wildman–Crippen MR) is 100 cm³/mol. The summed E-state index contributed by atoms with van der Waals surface area (Å²) in [4.78, 5) is 23.5. The van der Waals surface area contributed by atoms with Gasteiger partial charge in [-0.1, -0.05) is 5.16 Å². The molecule has 0 radical (unpaired) electrons. The number of hydrogen-bond acceptors (Lipinski definition) is 7. The van der Waals surface area contributed by atoms with Crippen molar-refractivity contribution in [2.75, 3.05) is 20.2 Å². The molecule has 8 heteroatoms. The normalized spacial score (nSPS) is 15.0. The standard InChI is InChI=1S/C20H22N4O4/c1-12-10-17(28-23-12)15-11-21-13(2)22-19(15)14-6-8-24(9-7-14)20(25)16-4-5-18(26-3)27-16/h4-5,10-11,14H,6-9H2,1-3H3. The Balaban J connectivity index is 1.51. The van der Waals surface area contributed by atoms with Gasteiger partial charge in [0.15, 0.2) is 11.5 Å². The van der Waals surface area contributed by atoms with Crippen molar-refractivity contribution in [3.63, 3.8) is 0 Å². The molecule has 146 valence electrons. The van der Waals surface area contributed by atoms with Gasteiger partial charge in [0.05, 0.1) is 24.1 Å². The van der Waals surface area contributed by atoms with Gasteiger partial charge in [-0.05, 0) is 32.8 Å². The SMILES string of the molecule is COc1ccc(C(=O)N2CCC(c3nc(C)ncc3-c3cc(C)no3)CC2)o1. The van der Waals surface area contributed by atoms with E-state index in [-0.39, 0.29) is 11.8 Å². The number of carbonyl (C=O) groups excluding carboxylic acids is 1. The first kappa shape index (κ1) is 18.2. The van der Waals surface area contributed by atoms with Gasteiger partial charge in [-0.3, -0.25) is 4.79 Å². The molecule has 1 aliphatic rings. The largest absolute Gasteiger partial charge is 0.468 e. The Kier molecular flexibility index (Phi) is 4.85. The van der Waals surface area contributed by atoms with Gasteiger partial charge in [-0.25, -0.2) is 9.97 Å². The van der Waals surface area contributed by atoms with Gasteiger partial charge >= 0.3 is 0 Å². The fourth-order valence-corrected chi connectivity index (χ4v) is 3.54. The number of amides is 1. The molecule has 4 heterocycles. The first-order valence-corrected chi connectivity index (χ1v) is 9.25. The Labute approximate surface area is 162 Å². The van der Waals surface area contributed by atoms with Crippen LogP contribution in [0, 0.1) is 13.8 Å². The highest BCUT2D eigenvalue weighted by Crippen LogP contribution is 2.34. The maximum Gasteiger partial charge on any atom is 0.289 e. The van der Waals surface area contributed by atoms with E-state index in [0.717, 1.165) is 35.6 Å². The van der Waals surface area contributed by atoms with Crippen molar-refractivity contribution in [2.45, 2.75) is 32.6 Å². The Hall–Kier alpha value is -3.16. The van der Waals surface area contributed by atoms with Crippen molar-refractivity contribution in [1.82, 2.24) is 20.0 Å². The van der Waals surface area contributed by atoms with Gasteiger partial charge in [0.25, 0.3) is 11.9 Å². The predicted octanol–water partition coefficient (Wildman–Crippen LogP) is 3.37. The van der Waals surface area contributed by atoms with Crippen LogP contribution in [-0.4, -0.2) is 46.1 Å². The van der Waals surface area contributed by atoms with Gasteiger partial charge in [0.1, 0.15) is 5.82 Å². The second kappa shape index (κ2) is 7.46. The fraction of sp³-hybridized carbons (Fsp3) is 0.400. The Bertz CT molecular complexity index is 986. The van der Waals surface area contributed by atoms with Crippen LogP contribution in [0.4, 0.5) is 0 Å². The molecule has 1 saturated heterocycles. The second-order valence-electron chi connectivity index (χ2n) is 6.94. The van der Waals surface area contributed by atoms with E-state index in [1.165, 1.54) is 7.11 Å². The molecule has 0 bridgehead atoms. The van der Waals surface area contributed by atoms with Crippen LogP contribution in [0.25, 0.3) is 11.3 Å². The molecule has 1 aliphatic heterocycles. The second-order valence-corrected chi connectivity index (χ2v) is 6.94. The third-order valence-corrected chi connectivity index (χ3v) is 4.99. The van der Waals surface area contributed by atoms with Gasteiger partial charge in [-0.2, -0.15) is 0 Å². The highest BCUT2D eigenvalue weighted by Gasteiger charge is 2.29. The minimum absolute atomic E-state index is 0.119. The number of nitrogens with zero attached hydrogens (tertiary/aromatic N) is 4. The van der Waals surface area contributed by atoms with E-state index in [1.807, 2.05) is 19.9 Å². The van der Waals surface area contributed by atoms with E-state index in [1.54, 1.807) is 23.2 Å². The molecule has 0 aliphatic carbocycles. The van der Waals surface area contributed by atoms with E-state index >= 15 is 0 Å². The summed E-state index contributed by atoms with van der Waals surface area (Å²) in [6.45, 7) is 5.02. The Morgan fingerprint density at radius 3 is 2.68 bits per heavy atom. The van der Waals surface area contributed by atoms with Crippen molar-refractivity contribution in [3.8, 4) is 17.3 Å². The molecule has 3 aromatic rings. The molecule has 1 fully saturated rings. The van der Waals surface area contributed by atoms with Crippen LogP contribution >= 0.6 is 0 Å². The van der Waals surface area contributed by atoms with Crippen molar-refractivity contribution in [1.29, 1.82) is 0 Å². The van der Waals surface area contributed by atoms with Crippen LogP contribution in [0.1, 0.15) is 46.5 Å². The van der Waals surface area contributed by atoms with Crippen LogP contribution < -0.4 is 4.74 Å². The van der Waals surface area contributed by atoms with Crippen LogP contribution in [0.15, 0.2) is 33.3 Å². The molecule has 8 nitrogen and oxygen atoms in total. The summed E-state index contributed by atoms with van der Waals surface area (Å²) in [6, 6.07) is 5.18. The molecule has 4 rings (SSSR count). The maximum atomic E-state index is 12.6. The van der Waals surface area contributed by atoms with Crippen molar-refractivity contribution >= 4 is 5.91 Å². The zero-order valence-electron chi connectivity index (χ0n) is 16.1. The van der Waals surface area contributed by atoms with Gasteiger partial charge in [-0.15, -0.1) is 0 Å². The van der Waals surface area contributed by atoms with Crippen molar-refractivity contribution in [2.24, 2.45) is 0 Å². The van der Waals surface area contributed by atoms with Crippen LogP contribution in [0.5, 0.6) is 5.95 Å². The number of furan rings is 1. The van der Waals surface area contributed by atoms with Gasteiger partial charge in [0, 0.05) is 37.3 Å². The first-order valence-electron chi connectivity index (χ1n) is 9.25. The van der Waals surface area contributed by atoms with Crippen molar-refractivity contribution < 1.29 is 18.5 Å². The summed E-state index contributed by atoms with van der Waals surface area (Å²) >= 11 is 0. The van der Waals surface area contributed by atoms with Gasteiger partial charge < -0.3 is 18.6 Å². The molecular formula is C20H22N4O4. The lowest BCUT2D eigenvalue weighted by molar-refractivity contribution is 0.0674. The zero-order valence-corrected chi connectivity index (χ0v) is 16.1. The molecule has 0 unspecified atom stereocenters. The van der Waals surface area contributed by atoms with Crippen LogP contribution in [0.2, 0.25) is 0 Å². The number of likely N-dealkylation sites (tertiary alicyclic amines) is 1. The third-order valence-electron chi connectivity index (χ3n) is 4.99. The lowest BCUT2D eigenvalue weighted by atomic mass is 9.90. The molecule has 3 aromatic heterocycles. The third kappa shape index (κ3) is 3.49. The topological polar surface area (TPSA) is 94.5 Å². The average Bonchev–Trinajstić information content (AvgIpc) is 3.36. The highest BCUT2D eigenvalue weighted by molar-refractivity contribution is 5.91. The Morgan fingerprint density at radius 2 is 2.04 bits per heavy atom. The van der Waals surface area contributed by atoms with E-state index in [0.29, 0.717) is 30.6 Å². The molecule has 1 amide bonds. The number of aromatic nitrogens is 3. The molecule has 0 N–H and O–H groups in total. The summed E-state index contributed by atoms with van der Waals surface area (Å²) < 4.78 is 15.8. The minimum atomic E-state index is -0.119. The smallest absolute Gasteiger partial charge is 0.289 e. The number of rotatable bonds is 4. The van der Waals surface area contributed by atoms with E-state index < -0.39 is 0 Å². The average molecular weight is 382 g/mol. The summed E-state index contributed by atoms with van der Waals surface area (Å²) in [7, 11) is 1.51. The highest BCUT2D eigenvalue weighted by atomic mass is 16.6. The quantitative estimate of drug-likeness (QED) is 0.683. The lowest BCUT2D eigenvalue weighted by Gasteiger charge is -2.31. The summed E-state index contributed by atoms with van der Waals surface area (Å²) in [5.41, 5.74) is 2.64. The van der Waals surface area contributed by atoms with E-state index in [9.17, 15) is 4.79 Å². The molecule has 28 heavy (non-hydrogen) atoms. The number of hydrogen-bond donors (Lipinski definition) is 0. The van der Waals surface area contributed by atoms with Crippen molar-refractivity contribution in [3.05, 3.63) is 47.4 Å². The Morgan fingerprint density at radius 1 is 1.25 bits per heavy atom. The van der Waals surface area contributed by atoms with Crippen LogP contribution in [-0.2, 0) is 0 Å². The maximum absolute atomic E-state index is 12.6. The minimum Gasteiger partial charge on any atom is -0.468 e. The molecule has 0 saturated carbocycles. The number of ether oxygens (including phenoxy) is 1. The number of carbonyl (C=O) groups is 1. The van der Waals surface area contributed by atoms with E-state index in [4.69, 9.17) is 13.7 Å². The number of piperidine rings is 1. The zero-order chi connectivity index (χ0) is 19.7. The monoisotopic (exact) mass is 382 g/mol. The molecular weight excluding hydrogens is 360 g/mol.